The van der Waals surface area contributed by atoms with E-state index in [-0.39, 0.29) is 6.03 Å². The molecule has 1 saturated carbocycles. The van der Waals surface area contributed by atoms with Gasteiger partial charge in [0.05, 0.1) is 0 Å². The smallest absolute Gasteiger partial charge is 0.323 e. The van der Waals surface area contributed by atoms with Crippen molar-refractivity contribution in [1.29, 1.82) is 0 Å². The number of rotatable bonds is 4. The number of hydrogen-bond donors (Lipinski definition) is 2. The number of nitrogens with zero attached hydrogens (tertiary/aromatic N) is 1. The Morgan fingerprint density at radius 2 is 1.71 bits per heavy atom. The second-order valence-electron chi connectivity index (χ2n) is 7.06. The quantitative estimate of drug-likeness (QED) is 0.826. The molecular formula is C20H29N3O. The van der Waals surface area contributed by atoms with Crippen molar-refractivity contribution in [2.24, 2.45) is 5.92 Å². The highest BCUT2D eigenvalue weighted by Crippen LogP contribution is 2.30. The van der Waals surface area contributed by atoms with Crippen LogP contribution in [0.4, 0.5) is 16.2 Å². The van der Waals surface area contributed by atoms with Gasteiger partial charge in [-0.05, 0) is 69.2 Å². The van der Waals surface area contributed by atoms with E-state index in [1.807, 2.05) is 18.3 Å². The normalized spacial score (nSPS) is 19.4. The van der Waals surface area contributed by atoms with Gasteiger partial charge in [-0.2, -0.15) is 0 Å². The van der Waals surface area contributed by atoms with Gasteiger partial charge in [0.1, 0.15) is 0 Å². The molecule has 3 rings (SSSR count). The molecule has 0 bridgehead atoms. The van der Waals surface area contributed by atoms with E-state index in [4.69, 9.17) is 0 Å². The third-order valence-electron chi connectivity index (χ3n) is 5.28. The number of nitrogens with one attached hydrogen (secondary N) is 2. The Balaban J connectivity index is 1.49. The highest BCUT2D eigenvalue weighted by atomic mass is 16.2. The number of amides is 2. The molecule has 1 heterocycles. The zero-order valence-corrected chi connectivity index (χ0v) is 14.7. The number of hydrogen-bond acceptors (Lipinski definition) is 2. The van der Waals surface area contributed by atoms with E-state index < -0.39 is 0 Å². The Kier molecular flexibility index (Phi) is 5.78. The summed E-state index contributed by atoms with van der Waals surface area (Å²) in [6.07, 6.45) is 10.9. The minimum absolute atomic E-state index is 0.168. The summed E-state index contributed by atoms with van der Waals surface area (Å²) in [6, 6.07) is 7.99. The summed E-state index contributed by atoms with van der Waals surface area (Å²) < 4.78 is 0. The molecule has 24 heavy (non-hydrogen) atoms. The lowest BCUT2D eigenvalue weighted by Crippen LogP contribution is -2.29. The molecule has 1 aromatic rings. The molecule has 2 fully saturated rings. The van der Waals surface area contributed by atoms with Crippen LogP contribution in [0, 0.1) is 5.92 Å². The highest BCUT2D eigenvalue weighted by Gasteiger charge is 2.16. The average molecular weight is 327 g/mol. The van der Waals surface area contributed by atoms with E-state index in [9.17, 15) is 4.79 Å². The summed E-state index contributed by atoms with van der Waals surface area (Å²) in [7, 11) is 0. The summed E-state index contributed by atoms with van der Waals surface area (Å²) in [5, 5.41) is 5.77. The van der Waals surface area contributed by atoms with Gasteiger partial charge in [0.15, 0.2) is 0 Å². The predicted molar refractivity (Wildman–Crippen MR) is 100 cm³/mol. The molecule has 4 heteroatoms. The lowest BCUT2D eigenvalue weighted by molar-refractivity contribution is 0.255. The second kappa shape index (κ2) is 8.22. The first-order chi connectivity index (χ1) is 11.7. The first-order valence-electron chi connectivity index (χ1n) is 9.31. The maximum Gasteiger partial charge on any atom is 0.323 e. The van der Waals surface area contributed by atoms with Crippen LogP contribution in [0.5, 0.6) is 0 Å². The first kappa shape index (κ1) is 16.9. The Labute approximate surface area is 145 Å². The maximum absolute atomic E-state index is 12.0. The number of allylic oxidation sites excluding steroid dienone is 1. The topological polar surface area (TPSA) is 44.4 Å². The van der Waals surface area contributed by atoms with Crippen LogP contribution in [0.15, 0.2) is 36.0 Å². The maximum atomic E-state index is 12.0. The molecule has 1 saturated heterocycles. The number of benzene rings is 1. The van der Waals surface area contributed by atoms with E-state index in [1.165, 1.54) is 56.2 Å². The predicted octanol–water partition coefficient (Wildman–Crippen LogP) is 4.89. The summed E-state index contributed by atoms with van der Waals surface area (Å²) in [4.78, 5) is 14.5. The third kappa shape index (κ3) is 4.53. The Morgan fingerprint density at radius 3 is 2.38 bits per heavy atom. The number of piperidine rings is 1. The molecule has 4 nitrogen and oxygen atoms in total. The number of carbonyl (C=O) groups is 1. The van der Waals surface area contributed by atoms with Crippen molar-refractivity contribution in [3.05, 3.63) is 36.0 Å². The number of carbonyl (C=O) groups excluding carboxylic acids is 1. The fourth-order valence-corrected chi connectivity index (χ4v) is 3.75. The van der Waals surface area contributed by atoms with Gasteiger partial charge in [0.2, 0.25) is 0 Å². The van der Waals surface area contributed by atoms with Gasteiger partial charge in [-0.15, -0.1) is 0 Å². The average Bonchev–Trinajstić information content (AvgIpc) is 3.16. The molecule has 1 aromatic carbocycles. The van der Waals surface area contributed by atoms with Crippen molar-refractivity contribution in [2.45, 2.75) is 51.9 Å². The van der Waals surface area contributed by atoms with E-state index >= 15 is 0 Å². The zero-order valence-electron chi connectivity index (χ0n) is 14.7. The standard InChI is InChI=1S/C20H29N3O/c1-16(17-7-3-4-8-17)15-21-20(24)22-18-9-11-19(12-10-18)23-13-5-2-6-14-23/h9-12,15,17H,2-8,13-14H2,1H3,(H2,21,22,24)/b16-15+. The van der Waals surface area contributed by atoms with Gasteiger partial charge in [-0.3, -0.25) is 0 Å². The highest BCUT2D eigenvalue weighted by molar-refractivity contribution is 5.90. The van der Waals surface area contributed by atoms with Crippen molar-refractivity contribution in [1.82, 2.24) is 5.32 Å². The van der Waals surface area contributed by atoms with Gasteiger partial charge >= 0.3 is 6.03 Å². The summed E-state index contributed by atoms with van der Waals surface area (Å²) in [5.74, 6) is 0.647. The Hall–Kier alpha value is -1.97. The molecule has 2 aliphatic rings. The van der Waals surface area contributed by atoms with Gasteiger partial charge in [-0.1, -0.05) is 18.4 Å². The minimum atomic E-state index is -0.168. The zero-order chi connectivity index (χ0) is 16.8. The Bertz CT molecular complexity index is 567. The van der Waals surface area contributed by atoms with E-state index in [2.05, 4.69) is 34.6 Å². The molecule has 0 atom stereocenters. The van der Waals surface area contributed by atoms with Crippen LogP contribution in [0.1, 0.15) is 51.9 Å². The molecule has 130 valence electrons. The van der Waals surface area contributed by atoms with Gasteiger partial charge in [0.25, 0.3) is 0 Å². The van der Waals surface area contributed by atoms with Gasteiger partial charge in [0, 0.05) is 30.7 Å². The summed E-state index contributed by atoms with van der Waals surface area (Å²) >= 11 is 0. The number of urea groups is 1. The van der Waals surface area contributed by atoms with E-state index in [0.29, 0.717) is 5.92 Å². The van der Waals surface area contributed by atoms with Crippen molar-refractivity contribution in [3.8, 4) is 0 Å². The fourth-order valence-electron chi connectivity index (χ4n) is 3.75. The van der Waals surface area contributed by atoms with E-state index in [1.54, 1.807) is 0 Å². The van der Waals surface area contributed by atoms with Crippen molar-refractivity contribution >= 4 is 17.4 Å². The van der Waals surface area contributed by atoms with Gasteiger partial charge in [-0.25, -0.2) is 4.79 Å². The van der Waals surface area contributed by atoms with Crippen molar-refractivity contribution in [3.63, 3.8) is 0 Å². The van der Waals surface area contributed by atoms with Crippen LogP contribution >= 0.6 is 0 Å². The van der Waals surface area contributed by atoms with Crippen LogP contribution in [0.25, 0.3) is 0 Å². The van der Waals surface area contributed by atoms with Crippen molar-refractivity contribution < 1.29 is 4.79 Å². The van der Waals surface area contributed by atoms with Gasteiger partial charge < -0.3 is 15.5 Å². The molecular weight excluding hydrogens is 298 g/mol. The summed E-state index contributed by atoms with van der Waals surface area (Å²) in [6.45, 7) is 4.39. The van der Waals surface area contributed by atoms with Crippen LogP contribution < -0.4 is 15.5 Å². The lowest BCUT2D eigenvalue weighted by atomic mass is 10.0. The first-order valence-corrected chi connectivity index (χ1v) is 9.31. The SMILES string of the molecule is C/C(=C\NC(=O)Nc1ccc(N2CCCCC2)cc1)C1CCCC1. The molecule has 0 spiro atoms. The van der Waals surface area contributed by atoms with Crippen LogP contribution in [0.3, 0.4) is 0 Å². The van der Waals surface area contributed by atoms with Crippen LogP contribution in [0.2, 0.25) is 0 Å². The molecule has 0 aromatic heterocycles. The molecule has 2 N–H and O–H groups in total. The number of anilines is 2. The monoisotopic (exact) mass is 327 g/mol. The molecule has 1 aliphatic carbocycles. The lowest BCUT2D eigenvalue weighted by Gasteiger charge is -2.28. The van der Waals surface area contributed by atoms with Crippen LogP contribution in [-0.2, 0) is 0 Å². The molecule has 0 radical (unpaired) electrons. The largest absolute Gasteiger partial charge is 0.372 e. The third-order valence-corrected chi connectivity index (χ3v) is 5.28. The Morgan fingerprint density at radius 1 is 1.04 bits per heavy atom. The van der Waals surface area contributed by atoms with Crippen LogP contribution in [-0.4, -0.2) is 19.1 Å². The van der Waals surface area contributed by atoms with Crippen molar-refractivity contribution in [2.75, 3.05) is 23.3 Å². The molecule has 1 aliphatic heterocycles. The molecule has 2 amide bonds. The molecule has 0 unspecified atom stereocenters. The minimum Gasteiger partial charge on any atom is -0.372 e. The second-order valence-corrected chi connectivity index (χ2v) is 7.06. The fraction of sp³-hybridized carbons (Fsp3) is 0.550. The summed E-state index contributed by atoms with van der Waals surface area (Å²) in [5.41, 5.74) is 3.36. The van der Waals surface area contributed by atoms with E-state index in [0.717, 1.165) is 18.8 Å².